The van der Waals surface area contributed by atoms with Gasteiger partial charge in [-0.25, -0.2) is 4.98 Å². The third-order valence-corrected chi connectivity index (χ3v) is 5.52. The van der Waals surface area contributed by atoms with Crippen LogP contribution in [0, 0.1) is 13.8 Å². The van der Waals surface area contributed by atoms with Crippen LogP contribution < -0.4 is 0 Å². The summed E-state index contributed by atoms with van der Waals surface area (Å²) in [4.78, 5) is 19.4. The van der Waals surface area contributed by atoms with E-state index in [4.69, 9.17) is 11.6 Å². The van der Waals surface area contributed by atoms with Gasteiger partial charge in [0.05, 0.1) is 22.3 Å². The molecule has 1 unspecified atom stereocenters. The van der Waals surface area contributed by atoms with E-state index >= 15 is 0 Å². The smallest absolute Gasteiger partial charge is 0.255 e. The molecule has 7 heteroatoms. The average Bonchev–Trinajstić information content (AvgIpc) is 3.09. The number of hydrogen-bond acceptors (Lipinski definition) is 4. The van der Waals surface area contributed by atoms with Gasteiger partial charge in [-0.3, -0.25) is 4.79 Å². The van der Waals surface area contributed by atoms with Gasteiger partial charge in [0.25, 0.3) is 5.91 Å². The molecular formula is C20H20ClN5O. The van der Waals surface area contributed by atoms with Gasteiger partial charge in [-0.05, 0) is 44.5 Å². The van der Waals surface area contributed by atoms with Gasteiger partial charge in [0.2, 0.25) is 0 Å². The van der Waals surface area contributed by atoms with Crippen LogP contribution in [0.1, 0.15) is 46.0 Å². The van der Waals surface area contributed by atoms with E-state index in [-0.39, 0.29) is 11.9 Å². The largest absolute Gasteiger partial charge is 0.330 e. The first-order chi connectivity index (χ1) is 13.0. The minimum atomic E-state index is -0.184. The van der Waals surface area contributed by atoms with E-state index in [1.807, 2.05) is 56.0 Å². The molecule has 0 aliphatic carbocycles. The molecule has 0 N–H and O–H groups in total. The predicted octanol–water partition coefficient (Wildman–Crippen LogP) is 3.69. The fourth-order valence-corrected chi connectivity index (χ4v) is 3.72. The van der Waals surface area contributed by atoms with E-state index in [0.29, 0.717) is 23.6 Å². The lowest BCUT2D eigenvalue weighted by molar-refractivity contribution is 0.0672. The van der Waals surface area contributed by atoms with Gasteiger partial charge in [0, 0.05) is 18.7 Å². The van der Waals surface area contributed by atoms with Gasteiger partial charge in [-0.2, -0.15) is 4.68 Å². The number of carbonyl (C=O) groups excluding carboxylic acids is 1. The number of hydrogen-bond donors (Lipinski definition) is 0. The maximum Gasteiger partial charge on any atom is 0.255 e. The van der Waals surface area contributed by atoms with Gasteiger partial charge in [0.15, 0.2) is 5.82 Å². The molecule has 2 aromatic heterocycles. The highest BCUT2D eigenvalue weighted by molar-refractivity contribution is 6.34. The summed E-state index contributed by atoms with van der Waals surface area (Å²) in [6, 6.07) is 11.2. The molecule has 1 amide bonds. The molecule has 1 aliphatic rings. The van der Waals surface area contributed by atoms with E-state index in [2.05, 4.69) is 15.3 Å². The molecule has 0 bridgehead atoms. The lowest BCUT2D eigenvalue weighted by Crippen LogP contribution is -2.39. The van der Waals surface area contributed by atoms with Crippen molar-refractivity contribution in [2.24, 2.45) is 0 Å². The molecule has 0 fully saturated rings. The number of fused-ring (bicyclic) bond motifs is 1. The number of benzene rings is 1. The topological polar surface area (TPSA) is 63.9 Å². The van der Waals surface area contributed by atoms with E-state index < -0.39 is 0 Å². The first-order valence-electron chi connectivity index (χ1n) is 8.92. The van der Waals surface area contributed by atoms with E-state index in [1.165, 1.54) is 0 Å². The van der Waals surface area contributed by atoms with Crippen molar-refractivity contribution in [1.29, 1.82) is 0 Å². The maximum absolute atomic E-state index is 13.1. The molecule has 0 radical (unpaired) electrons. The molecule has 4 rings (SSSR count). The Morgan fingerprint density at radius 1 is 1.19 bits per heavy atom. The van der Waals surface area contributed by atoms with E-state index in [0.717, 1.165) is 28.5 Å². The number of amides is 1. The van der Waals surface area contributed by atoms with Crippen molar-refractivity contribution in [2.75, 3.05) is 6.54 Å². The van der Waals surface area contributed by atoms with Crippen LogP contribution >= 0.6 is 11.6 Å². The number of aryl methyl sites for hydroxylation is 2. The summed E-state index contributed by atoms with van der Waals surface area (Å²) in [6.07, 6.45) is 0.664. The molecule has 1 atom stereocenters. The summed E-state index contributed by atoms with van der Waals surface area (Å²) in [6.45, 7) is 6.40. The third-order valence-electron chi connectivity index (χ3n) is 5.02. The summed E-state index contributed by atoms with van der Waals surface area (Å²) in [7, 11) is 0. The molecule has 1 aliphatic heterocycles. The second-order valence-electron chi connectivity index (χ2n) is 6.83. The number of nitrogens with zero attached hydrogens (tertiary/aromatic N) is 5. The van der Waals surface area contributed by atoms with Gasteiger partial charge >= 0.3 is 0 Å². The second kappa shape index (κ2) is 6.78. The Kier molecular flexibility index (Phi) is 4.44. The van der Waals surface area contributed by atoms with Gasteiger partial charge in [-0.1, -0.05) is 35.0 Å². The SMILES string of the molecule is Cc1cccc(-n2nnc3c2CCN(C(=O)c2cccc(C)c2Cl)C3C)n1. The van der Waals surface area contributed by atoms with Crippen molar-refractivity contribution < 1.29 is 4.79 Å². The van der Waals surface area contributed by atoms with Gasteiger partial charge in [0.1, 0.15) is 5.69 Å². The van der Waals surface area contributed by atoms with Crippen molar-refractivity contribution in [1.82, 2.24) is 24.9 Å². The maximum atomic E-state index is 13.1. The zero-order chi connectivity index (χ0) is 19.1. The quantitative estimate of drug-likeness (QED) is 0.679. The van der Waals surface area contributed by atoms with Crippen molar-refractivity contribution >= 4 is 17.5 Å². The Balaban J connectivity index is 1.67. The van der Waals surface area contributed by atoms with Crippen LogP contribution in [0.5, 0.6) is 0 Å². The van der Waals surface area contributed by atoms with E-state index in [9.17, 15) is 4.79 Å². The lowest BCUT2D eigenvalue weighted by atomic mass is 10.0. The number of carbonyl (C=O) groups is 1. The Morgan fingerprint density at radius 3 is 2.74 bits per heavy atom. The van der Waals surface area contributed by atoms with Crippen LogP contribution in [0.15, 0.2) is 36.4 Å². The average molecular weight is 382 g/mol. The number of rotatable bonds is 2. The summed E-state index contributed by atoms with van der Waals surface area (Å²) in [5, 5.41) is 9.16. The minimum absolute atomic E-state index is 0.0786. The highest BCUT2D eigenvalue weighted by atomic mass is 35.5. The monoisotopic (exact) mass is 381 g/mol. The Morgan fingerprint density at radius 2 is 1.96 bits per heavy atom. The number of pyridine rings is 1. The van der Waals surface area contributed by atoms with Crippen LogP contribution in [0.4, 0.5) is 0 Å². The van der Waals surface area contributed by atoms with Crippen LogP contribution in [0.2, 0.25) is 5.02 Å². The summed E-state index contributed by atoms with van der Waals surface area (Å²) < 4.78 is 1.78. The molecule has 0 saturated heterocycles. The fourth-order valence-electron chi connectivity index (χ4n) is 3.51. The molecular weight excluding hydrogens is 362 g/mol. The molecule has 1 aromatic carbocycles. The van der Waals surface area contributed by atoms with Gasteiger partial charge < -0.3 is 4.90 Å². The summed E-state index contributed by atoms with van der Waals surface area (Å²) >= 11 is 6.37. The first-order valence-corrected chi connectivity index (χ1v) is 9.29. The Bertz CT molecular complexity index is 1030. The normalized spacial score (nSPS) is 16.3. The molecule has 0 spiro atoms. The van der Waals surface area contributed by atoms with Gasteiger partial charge in [-0.15, -0.1) is 5.10 Å². The predicted molar refractivity (Wildman–Crippen MR) is 103 cm³/mol. The molecule has 27 heavy (non-hydrogen) atoms. The summed E-state index contributed by atoms with van der Waals surface area (Å²) in [5.74, 6) is 0.669. The Hall–Kier alpha value is -2.73. The highest BCUT2D eigenvalue weighted by Crippen LogP contribution is 2.31. The lowest BCUT2D eigenvalue weighted by Gasteiger charge is -2.33. The third kappa shape index (κ3) is 3.00. The summed E-state index contributed by atoms with van der Waals surface area (Å²) in [5.41, 5.74) is 4.15. The fraction of sp³-hybridized carbons (Fsp3) is 0.300. The number of halogens is 1. The molecule has 0 saturated carbocycles. The molecule has 3 heterocycles. The zero-order valence-electron chi connectivity index (χ0n) is 15.5. The molecule has 3 aromatic rings. The van der Waals surface area contributed by atoms with Crippen LogP contribution in [0.25, 0.3) is 5.82 Å². The molecule has 6 nitrogen and oxygen atoms in total. The highest BCUT2D eigenvalue weighted by Gasteiger charge is 2.33. The Labute approximate surface area is 162 Å². The number of aromatic nitrogens is 4. The molecule has 138 valence electrons. The van der Waals surface area contributed by atoms with Crippen molar-refractivity contribution in [3.8, 4) is 5.82 Å². The van der Waals surface area contributed by atoms with Crippen molar-refractivity contribution in [3.05, 3.63) is 69.6 Å². The van der Waals surface area contributed by atoms with E-state index in [1.54, 1.807) is 10.7 Å². The van der Waals surface area contributed by atoms with Crippen LogP contribution in [0.3, 0.4) is 0 Å². The first kappa shape index (κ1) is 17.7. The van der Waals surface area contributed by atoms with Crippen LogP contribution in [-0.4, -0.2) is 37.3 Å². The zero-order valence-corrected chi connectivity index (χ0v) is 16.2. The standard InChI is InChI=1S/C20H20ClN5O/c1-12-6-4-8-15(18(12)21)20(27)25-11-10-16-19(14(25)3)23-24-26(16)17-9-5-7-13(2)22-17/h4-9,14H,10-11H2,1-3H3. The van der Waals surface area contributed by atoms with Crippen LogP contribution in [-0.2, 0) is 6.42 Å². The van der Waals surface area contributed by atoms with Crippen molar-refractivity contribution in [2.45, 2.75) is 33.2 Å². The second-order valence-corrected chi connectivity index (χ2v) is 7.21. The minimum Gasteiger partial charge on any atom is -0.330 e. The van der Waals surface area contributed by atoms with Crippen molar-refractivity contribution in [3.63, 3.8) is 0 Å².